The summed E-state index contributed by atoms with van der Waals surface area (Å²) in [6, 6.07) is 0.552. The zero-order chi connectivity index (χ0) is 15.1. The summed E-state index contributed by atoms with van der Waals surface area (Å²) in [5.41, 5.74) is 0. The summed E-state index contributed by atoms with van der Waals surface area (Å²) in [6.45, 7) is 7.98. The fraction of sp³-hybridized carbons (Fsp3) is 0.786. The molecule has 21 heavy (non-hydrogen) atoms. The van der Waals surface area contributed by atoms with Crippen LogP contribution in [0.1, 0.15) is 40.0 Å². The molecule has 1 aliphatic rings. The Labute approximate surface area is 125 Å². The smallest absolute Gasteiger partial charge is 0.324 e. The lowest BCUT2D eigenvalue weighted by molar-refractivity contribution is 0.0639. The van der Waals surface area contributed by atoms with Crippen LogP contribution >= 0.6 is 0 Å². The van der Waals surface area contributed by atoms with Gasteiger partial charge in [0, 0.05) is 13.2 Å². The lowest BCUT2D eigenvalue weighted by atomic mass is 10.2. The van der Waals surface area contributed by atoms with Gasteiger partial charge in [-0.3, -0.25) is 0 Å². The summed E-state index contributed by atoms with van der Waals surface area (Å²) >= 11 is 0. The molecule has 1 saturated heterocycles. The standard InChI is InChI=1S/C14H24N4O3/c1-4-7-15-12-16-13(18-14(17-12)21-10(2)3)20-9-11-6-5-8-19-11/h10-11H,4-9H2,1-3H3,(H,15,16,17,18). The van der Waals surface area contributed by atoms with E-state index in [-0.39, 0.29) is 24.2 Å². The van der Waals surface area contributed by atoms with Crippen LogP contribution in [-0.2, 0) is 4.74 Å². The molecule has 1 atom stereocenters. The highest BCUT2D eigenvalue weighted by Crippen LogP contribution is 2.17. The molecule has 0 aromatic carbocycles. The van der Waals surface area contributed by atoms with Crippen molar-refractivity contribution < 1.29 is 14.2 Å². The summed E-state index contributed by atoms with van der Waals surface area (Å²) in [5.74, 6) is 0.477. The minimum absolute atomic E-state index is 0.00237. The van der Waals surface area contributed by atoms with Crippen molar-refractivity contribution in [3.05, 3.63) is 0 Å². The van der Waals surface area contributed by atoms with Crippen LogP contribution in [-0.4, -0.2) is 46.9 Å². The summed E-state index contributed by atoms with van der Waals surface area (Å²) in [5, 5.41) is 3.12. The van der Waals surface area contributed by atoms with Crippen LogP contribution in [0.4, 0.5) is 5.95 Å². The first-order valence-electron chi connectivity index (χ1n) is 7.58. The van der Waals surface area contributed by atoms with E-state index >= 15 is 0 Å². The molecule has 1 aromatic heterocycles. The third-order valence-corrected chi connectivity index (χ3v) is 2.89. The maximum atomic E-state index is 5.63. The van der Waals surface area contributed by atoms with Crippen molar-refractivity contribution in [2.24, 2.45) is 0 Å². The van der Waals surface area contributed by atoms with E-state index in [1.165, 1.54) is 0 Å². The van der Waals surface area contributed by atoms with Gasteiger partial charge in [-0.2, -0.15) is 9.97 Å². The highest BCUT2D eigenvalue weighted by molar-refractivity contribution is 5.27. The molecule has 1 unspecified atom stereocenters. The molecule has 1 N–H and O–H groups in total. The Hall–Kier alpha value is -1.63. The molecule has 0 spiro atoms. The molecule has 0 radical (unpaired) electrons. The van der Waals surface area contributed by atoms with E-state index in [1.807, 2.05) is 13.8 Å². The van der Waals surface area contributed by atoms with Gasteiger partial charge in [0.15, 0.2) is 0 Å². The quantitative estimate of drug-likeness (QED) is 0.786. The van der Waals surface area contributed by atoms with Crippen LogP contribution in [0.25, 0.3) is 0 Å². The molecule has 1 aromatic rings. The van der Waals surface area contributed by atoms with E-state index in [9.17, 15) is 0 Å². The van der Waals surface area contributed by atoms with Crippen molar-refractivity contribution in [2.45, 2.75) is 52.2 Å². The molecular weight excluding hydrogens is 272 g/mol. The summed E-state index contributed by atoms with van der Waals surface area (Å²) in [4.78, 5) is 12.7. The normalized spacial score (nSPS) is 18.0. The van der Waals surface area contributed by atoms with Gasteiger partial charge >= 0.3 is 12.0 Å². The first kappa shape index (κ1) is 15.8. The van der Waals surface area contributed by atoms with Crippen LogP contribution in [0.15, 0.2) is 0 Å². The molecule has 7 nitrogen and oxygen atoms in total. The number of aromatic nitrogens is 3. The number of rotatable bonds is 8. The van der Waals surface area contributed by atoms with Gasteiger partial charge in [0.1, 0.15) is 6.61 Å². The van der Waals surface area contributed by atoms with Gasteiger partial charge in [-0.05, 0) is 33.1 Å². The largest absolute Gasteiger partial charge is 0.461 e. The van der Waals surface area contributed by atoms with Crippen molar-refractivity contribution in [1.82, 2.24) is 15.0 Å². The van der Waals surface area contributed by atoms with Crippen LogP contribution in [0.5, 0.6) is 12.0 Å². The number of nitrogens with one attached hydrogen (secondary N) is 1. The molecule has 7 heteroatoms. The monoisotopic (exact) mass is 296 g/mol. The Morgan fingerprint density at radius 2 is 2.10 bits per heavy atom. The first-order chi connectivity index (χ1) is 10.2. The maximum Gasteiger partial charge on any atom is 0.324 e. The van der Waals surface area contributed by atoms with E-state index in [0.717, 1.165) is 32.4 Å². The Morgan fingerprint density at radius 3 is 2.76 bits per heavy atom. The van der Waals surface area contributed by atoms with Gasteiger partial charge < -0.3 is 19.5 Å². The second kappa shape index (κ2) is 7.97. The SMILES string of the molecule is CCCNc1nc(OCC2CCCO2)nc(OC(C)C)n1. The molecule has 0 amide bonds. The van der Waals surface area contributed by atoms with Crippen LogP contribution < -0.4 is 14.8 Å². The Bertz CT molecular complexity index is 436. The predicted molar refractivity (Wildman–Crippen MR) is 78.8 cm³/mol. The average Bonchev–Trinajstić information content (AvgIpc) is 2.95. The van der Waals surface area contributed by atoms with E-state index in [1.54, 1.807) is 0 Å². The average molecular weight is 296 g/mol. The van der Waals surface area contributed by atoms with Crippen LogP contribution in [0.3, 0.4) is 0 Å². The van der Waals surface area contributed by atoms with Gasteiger partial charge in [0.2, 0.25) is 5.95 Å². The van der Waals surface area contributed by atoms with Crippen molar-refractivity contribution in [2.75, 3.05) is 25.1 Å². The molecule has 0 saturated carbocycles. The summed E-state index contributed by atoms with van der Waals surface area (Å²) in [7, 11) is 0. The summed E-state index contributed by atoms with van der Waals surface area (Å²) < 4.78 is 16.7. The van der Waals surface area contributed by atoms with E-state index in [2.05, 4.69) is 27.2 Å². The second-order valence-electron chi connectivity index (χ2n) is 5.26. The van der Waals surface area contributed by atoms with Gasteiger partial charge in [-0.1, -0.05) is 6.92 Å². The Balaban J connectivity index is 2.01. The van der Waals surface area contributed by atoms with Crippen molar-refractivity contribution in [1.29, 1.82) is 0 Å². The number of ether oxygens (including phenoxy) is 3. The molecule has 118 valence electrons. The third-order valence-electron chi connectivity index (χ3n) is 2.89. The highest BCUT2D eigenvalue weighted by Gasteiger charge is 2.17. The minimum Gasteiger partial charge on any atom is -0.461 e. The molecule has 0 bridgehead atoms. The zero-order valence-electron chi connectivity index (χ0n) is 13.0. The lowest BCUT2D eigenvalue weighted by Crippen LogP contribution is -2.18. The zero-order valence-corrected chi connectivity index (χ0v) is 13.0. The van der Waals surface area contributed by atoms with E-state index in [0.29, 0.717) is 12.6 Å². The molecule has 2 rings (SSSR count). The lowest BCUT2D eigenvalue weighted by Gasteiger charge is -2.13. The first-order valence-corrected chi connectivity index (χ1v) is 7.58. The fourth-order valence-electron chi connectivity index (χ4n) is 1.93. The van der Waals surface area contributed by atoms with Gasteiger partial charge in [0.05, 0.1) is 12.2 Å². The van der Waals surface area contributed by atoms with Gasteiger partial charge in [-0.15, -0.1) is 4.98 Å². The highest BCUT2D eigenvalue weighted by atomic mass is 16.5. The molecule has 0 aliphatic carbocycles. The third kappa shape index (κ3) is 5.34. The van der Waals surface area contributed by atoms with Gasteiger partial charge in [0.25, 0.3) is 0 Å². The molecule has 2 heterocycles. The van der Waals surface area contributed by atoms with Crippen molar-refractivity contribution >= 4 is 5.95 Å². The Morgan fingerprint density at radius 1 is 1.29 bits per heavy atom. The molecule has 1 fully saturated rings. The van der Waals surface area contributed by atoms with Crippen molar-refractivity contribution in [3.63, 3.8) is 0 Å². The van der Waals surface area contributed by atoms with Gasteiger partial charge in [-0.25, -0.2) is 0 Å². The number of nitrogens with zero attached hydrogens (tertiary/aromatic N) is 3. The number of anilines is 1. The van der Waals surface area contributed by atoms with E-state index in [4.69, 9.17) is 14.2 Å². The van der Waals surface area contributed by atoms with Crippen LogP contribution in [0.2, 0.25) is 0 Å². The van der Waals surface area contributed by atoms with Crippen LogP contribution in [0, 0.1) is 0 Å². The molecule has 1 aliphatic heterocycles. The Kier molecular flexibility index (Phi) is 5.98. The van der Waals surface area contributed by atoms with E-state index < -0.39 is 0 Å². The molecular formula is C14H24N4O3. The fourth-order valence-corrected chi connectivity index (χ4v) is 1.93. The second-order valence-corrected chi connectivity index (χ2v) is 5.26. The maximum absolute atomic E-state index is 5.63. The summed E-state index contributed by atoms with van der Waals surface area (Å²) in [6.07, 6.45) is 3.20. The number of hydrogen-bond donors (Lipinski definition) is 1. The van der Waals surface area contributed by atoms with Crippen molar-refractivity contribution in [3.8, 4) is 12.0 Å². The predicted octanol–water partition coefficient (Wildman–Crippen LogP) is 2.04. The minimum atomic E-state index is -0.00237. The number of hydrogen-bond acceptors (Lipinski definition) is 7. The topological polar surface area (TPSA) is 78.4 Å².